The van der Waals surface area contributed by atoms with Gasteiger partial charge in [0.1, 0.15) is 18.6 Å². The molecule has 0 N–H and O–H groups in total. The Morgan fingerprint density at radius 3 is 3.05 bits per heavy atom. The number of amides is 1. The summed E-state index contributed by atoms with van der Waals surface area (Å²) in [5.41, 5.74) is 1.14. The second-order valence-corrected chi connectivity index (χ2v) is 5.41. The molecule has 3 rings (SSSR count). The van der Waals surface area contributed by atoms with Crippen molar-refractivity contribution in [3.05, 3.63) is 36.2 Å². The first kappa shape index (κ1) is 14.5. The van der Waals surface area contributed by atoms with E-state index in [1.807, 2.05) is 23.1 Å². The first-order valence-corrected chi connectivity index (χ1v) is 7.40. The highest BCUT2D eigenvalue weighted by Gasteiger charge is 2.29. The lowest BCUT2D eigenvalue weighted by Crippen LogP contribution is -2.39. The van der Waals surface area contributed by atoms with Gasteiger partial charge in [-0.2, -0.15) is 0 Å². The van der Waals surface area contributed by atoms with Crippen molar-refractivity contribution >= 4 is 5.91 Å². The van der Waals surface area contributed by atoms with Crippen molar-refractivity contribution in [1.29, 1.82) is 0 Å². The van der Waals surface area contributed by atoms with Crippen molar-refractivity contribution in [2.45, 2.75) is 31.8 Å². The van der Waals surface area contributed by atoms with E-state index in [4.69, 9.17) is 4.74 Å². The van der Waals surface area contributed by atoms with Crippen molar-refractivity contribution in [2.24, 2.45) is 0 Å². The second-order valence-electron chi connectivity index (χ2n) is 5.41. The van der Waals surface area contributed by atoms with E-state index in [0.29, 0.717) is 0 Å². The number of nitrogens with zero attached hydrogens (tertiary/aromatic N) is 5. The average Bonchev–Trinajstić information content (AvgIpc) is 3.19. The number of aromatic nitrogens is 4. The van der Waals surface area contributed by atoms with Gasteiger partial charge in [-0.05, 0) is 41.3 Å². The van der Waals surface area contributed by atoms with Crippen molar-refractivity contribution in [3.8, 4) is 5.75 Å². The molecule has 1 aromatic carbocycles. The smallest absolute Gasteiger partial charge is 0.244 e. The summed E-state index contributed by atoms with van der Waals surface area (Å²) >= 11 is 0. The van der Waals surface area contributed by atoms with Gasteiger partial charge in [0.2, 0.25) is 5.91 Å². The van der Waals surface area contributed by atoms with Crippen LogP contribution in [-0.4, -0.2) is 50.7 Å². The Morgan fingerprint density at radius 2 is 2.27 bits per heavy atom. The first-order chi connectivity index (χ1) is 10.8. The summed E-state index contributed by atoms with van der Waals surface area (Å²) in [5.74, 6) is 0.937. The summed E-state index contributed by atoms with van der Waals surface area (Å²) in [6.07, 6.45) is 4.31. The van der Waals surface area contributed by atoms with Crippen LogP contribution in [0.1, 0.15) is 18.4 Å². The van der Waals surface area contributed by atoms with Crippen molar-refractivity contribution in [2.75, 3.05) is 13.7 Å². The molecule has 0 spiro atoms. The van der Waals surface area contributed by atoms with Crippen LogP contribution in [0.25, 0.3) is 0 Å². The van der Waals surface area contributed by atoms with Gasteiger partial charge in [-0.25, -0.2) is 4.68 Å². The van der Waals surface area contributed by atoms with Gasteiger partial charge >= 0.3 is 0 Å². The lowest BCUT2D eigenvalue weighted by Gasteiger charge is -2.25. The van der Waals surface area contributed by atoms with Crippen LogP contribution in [0.5, 0.6) is 5.75 Å². The van der Waals surface area contributed by atoms with E-state index in [2.05, 4.69) is 21.6 Å². The van der Waals surface area contributed by atoms with E-state index in [1.54, 1.807) is 7.11 Å². The highest BCUT2D eigenvalue weighted by Crippen LogP contribution is 2.26. The fourth-order valence-electron chi connectivity index (χ4n) is 2.98. The van der Waals surface area contributed by atoms with Gasteiger partial charge < -0.3 is 9.64 Å². The van der Waals surface area contributed by atoms with Crippen LogP contribution < -0.4 is 4.74 Å². The third-order valence-corrected chi connectivity index (χ3v) is 4.03. The number of tetrazole rings is 1. The van der Waals surface area contributed by atoms with E-state index in [1.165, 1.54) is 11.0 Å². The molecule has 1 saturated heterocycles. The number of carbonyl (C=O) groups excluding carboxylic acids is 1. The SMILES string of the molecule is COc1ccccc1C[C@@H]1CCCN1C(=O)Cn1cnnn1. The van der Waals surface area contributed by atoms with Crippen LogP contribution in [0.15, 0.2) is 30.6 Å². The fraction of sp³-hybridized carbons (Fsp3) is 0.467. The summed E-state index contributed by atoms with van der Waals surface area (Å²) in [7, 11) is 1.67. The maximum atomic E-state index is 12.4. The molecule has 1 aromatic heterocycles. The third kappa shape index (κ3) is 3.08. The molecule has 1 aliphatic heterocycles. The molecule has 1 fully saturated rings. The Kier molecular flexibility index (Phi) is 4.32. The summed E-state index contributed by atoms with van der Waals surface area (Å²) < 4.78 is 6.86. The van der Waals surface area contributed by atoms with E-state index in [0.717, 1.165) is 37.1 Å². The third-order valence-electron chi connectivity index (χ3n) is 4.03. The Labute approximate surface area is 128 Å². The minimum absolute atomic E-state index is 0.0599. The fourth-order valence-corrected chi connectivity index (χ4v) is 2.98. The van der Waals surface area contributed by atoms with E-state index >= 15 is 0 Å². The van der Waals surface area contributed by atoms with Crippen LogP contribution in [0.2, 0.25) is 0 Å². The number of rotatable bonds is 5. The molecule has 0 radical (unpaired) electrons. The lowest BCUT2D eigenvalue weighted by atomic mass is 10.0. The quantitative estimate of drug-likeness (QED) is 0.821. The van der Waals surface area contributed by atoms with E-state index in [-0.39, 0.29) is 18.5 Å². The second kappa shape index (κ2) is 6.55. The van der Waals surface area contributed by atoms with Crippen LogP contribution in [0, 0.1) is 0 Å². The Balaban J connectivity index is 1.69. The molecule has 0 bridgehead atoms. The number of benzene rings is 1. The molecule has 2 heterocycles. The van der Waals surface area contributed by atoms with Crippen LogP contribution in [0.4, 0.5) is 0 Å². The summed E-state index contributed by atoms with van der Waals surface area (Å²) in [6.45, 7) is 0.982. The van der Waals surface area contributed by atoms with Gasteiger partial charge in [-0.15, -0.1) is 5.10 Å². The van der Waals surface area contributed by atoms with Crippen molar-refractivity contribution in [1.82, 2.24) is 25.1 Å². The van der Waals surface area contributed by atoms with Crippen molar-refractivity contribution < 1.29 is 9.53 Å². The molecular weight excluding hydrogens is 282 g/mol. The Morgan fingerprint density at radius 1 is 1.41 bits per heavy atom. The number of likely N-dealkylation sites (tertiary alicyclic amines) is 1. The van der Waals surface area contributed by atoms with Gasteiger partial charge in [0, 0.05) is 12.6 Å². The summed E-state index contributed by atoms with van der Waals surface area (Å²) in [6, 6.07) is 8.18. The molecular formula is C15H19N5O2. The van der Waals surface area contributed by atoms with E-state index in [9.17, 15) is 4.79 Å². The van der Waals surface area contributed by atoms with Crippen LogP contribution in [-0.2, 0) is 17.8 Å². The van der Waals surface area contributed by atoms with Gasteiger partial charge in [0.15, 0.2) is 0 Å². The number of hydrogen-bond donors (Lipinski definition) is 0. The molecule has 1 aliphatic rings. The lowest BCUT2D eigenvalue weighted by molar-refractivity contribution is -0.132. The Bertz CT molecular complexity index is 629. The number of ether oxygens (including phenoxy) is 1. The minimum atomic E-state index is 0.0599. The number of carbonyl (C=O) groups is 1. The largest absolute Gasteiger partial charge is 0.496 e. The molecule has 7 nitrogen and oxygen atoms in total. The van der Waals surface area contributed by atoms with Crippen molar-refractivity contribution in [3.63, 3.8) is 0 Å². The maximum absolute atomic E-state index is 12.4. The monoisotopic (exact) mass is 301 g/mol. The van der Waals surface area contributed by atoms with Gasteiger partial charge in [-0.3, -0.25) is 4.79 Å². The summed E-state index contributed by atoms with van der Waals surface area (Å²) in [5, 5.41) is 10.9. The predicted octanol–water partition coefficient (Wildman–Crippen LogP) is 0.915. The molecule has 116 valence electrons. The number of para-hydroxylation sites is 1. The van der Waals surface area contributed by atoms with Crippen LogP contribution in [0.3, 0.4) is 0 Å². The highest BCUT2D eigenvalue weighted by molar-refractivity contribution is 5.76. The molecule has 0 aliphatic carbocycles. The molecule has 2 aromatic rings. The number of hydrogen-bond acceptors (Lipinski definition) is 5. The Hall–Kier alpha value is -2.44. The zero-order valence-corrected chi connectivity index (χ0v) is 12.6. The first-order valence-electron chi connectivity index (χ1n) is 7.40. The molecule has 7 heteroatoms. The molecule has 1 amide bonds. The average molecular weight is 301 g/mol. The minimum Gasteiger partial charge on any atom is -0.496 e. The van der Waals surface area contributed by atoms with Gasteiger partial charge in [0.05, 0.1) is 7.11 Å². The molecule has 0 unspecified atom stereocenters. The predicted molar refractivity (Wildman–Crippen MR) is 79.3 cm³/mol. The number of methoxy groups -OCH3 is 1. The molecule has 1 atom stereocenters. The molecule has 22 heavy (non-hydrogen) atoms. The molecule has 0 saturated carbocycles. The standard InChI is InChI=1S/C15H19N5O2/c1-22-14-7-3-2-5-12(14)9-13-6-4-8-20(13)15(21)10-19-11-16-17-18-19/h2-3,5,7,11,13H,4,6,8-10H2,1H3/t13-/m0/s1. The van der Waals surface area contributed by atoms with Crippen LogP contribution >= 0.6 is 0 Å². The highest BCUT2D eigenvalue weighted by atomic mass is 16.5. The van der Waals surface area contributed by atoms with Gasteiger partial charge in [0.25, 0.3) is 0 Å². The normalized spacial score (nSPS) is 17.7. The zero-order valence-electron chi connectivity index (χ0n) is 12.6. The zero-order chi connectivity index (χ0) is 15.4. The maximum Gasteiger partial charge on any atom is 0.244 e. The van der Waals surface area contributed by atoms with Gasteiger partial charge in [-0.1, -0.05) is 18.2 Å². The topological polar surface area (TPSA) is 73.1 Å². The van der Waals surface area contributed by atoms with E-state index < -0.39 is 0 Å². The summed E-state index contributed by atoms with van der Waals surface area (Å²) in [4.78, 5) is 14.4.